The zero-order valence-corrected chi connectivity index (χ0v) is 28.8. The Morgan fingerprint density at radius 2 is 1.27 bits per heavy atom. The molecular formula is C39H64N3O3+. The summed E-state index contributed by atoms with van der Waals surface area (Å²) >= 11 is 0. The number of pyridine rings is 1. The Morgan fingerprint density at radius 3 is 1.80 bits per heavy atom. The normalized spacial score (nSPS) is 12.8. The molecule has 0 aliphatic rings. The Hall–Kier alpha value is -2.70. The zero-order chi connectivity index (χ0) is 32.5. The van der Waals surface area contributed by atoms with E-state index in [1.165, 1.54) is 81.9 Å². The average molecular weight is 623 g/mol. The van der Waals surface area contributed by atoms with Crippen molar-refractivity contribution in [1.82, 2.24) is 5.32 Å². The van der Waals surface area contributed by atoms with E-state index < -0.39 is 12.1 Å². The topological polar surface area (TPSA) is 76.7 Å². The summed E-state index contributed by atoms with van der Waals surface area (Å²) < 4.78 is 2.18. The molecule has 2 aromatic rings. The Morgan fingerprint density at radius 1 is 0.756 bits per heavy atom. The molecule has 3 N–H and O–H groups in total. The highest BCUT2D eigenvalue weighted by atomic mass is 16.3. The van der Waals surface area contributed by atoms with Crippen molar-refractivity contribution >= 4 is 23.7 Å². The van der Waals surface area contributed by atoms with E-state index in [0.717, 1.165) is 44.2 Å². The lowest BCUT2D eigenvalue weighted by Gasteiger charge is -2.22. The number of aliphatic hydroxyl groups excluding tert-OH is 2. The fraction of sp³-hybridized carbons (Fsp3) is 0.641. The molecular weight excluding hydrogens is 558 g/mol. The fourth-order valence-electron chi connectivity index (χ4n) is 5.68. The number of hydrogen-bond acceptors (Lipinski definition) is 4. The predicted octanol–water partition coefficient (Wildman–Crippen LogP) is 8.09. The Bertz CT molecular complexity index is 1040. The van der Waals surface area contributed by atoms with Gasteiger partial charge in [-0.3, -0.25) is 4.79 Å². The number of aryl methyl sites for hydroxylation is 1. The van der Waals surface area contributed by atoms with Crippen LogP contribution in [0, 0.1) is 0 Å². The van der Waals surface area contributed by atoms with Gasteiger partial charge in [0.2, 0.25) is 5.91 Å². The number of rotatable bonds is 26. The maximum atomic E-state index is 12.4. The van der Waals surface area contributed by atoms with Crippen molar-refractivity contribution in [3.8, 4) is 0 Å². The van der Waals surface area contributed by atoms with Crippen LogP contribution in [0.4, 0.5) is 5.69 Å². The van der Waals surface area contributed by atoms with Crippen LogP contribution in [0.3, 0.4) is 0 Å². The minimum absolute atomic E-state index is 0.0846. The minimum atomic E-state index is -0.690. The Kier molecular flexibility index (Phi) is 21.0. The van der Waals surface area contributed by atoms with Gasteiger partial charge < -0.3 is 20.4 Å². The molecule has 2 atom stereocenters. The van der Waals surface area contributed by atoms with Gasteiger partial charge >= 0.3 is 0 Å². The predicted molar refractivity (Wildman–Crippen MR) is 190 cm³/mol. The van der Waals surface area contributed by atoms with Crippen molar-refractivity contribution in [2.75, 3.05) is 25.6 Å². The molecule has 1 aromatic heterocycles. The summed E-state index contributed by atoms with van der Waals surface area (Å²) in [5, 5.41) is 23.1. The summed E-state index contributed by atoms with van der Waals surface area (Å²) in [4.78, 5) is 14.5. The van der Waals surface area contributed by atoms with E-state index in [1.54, 1.807) is 0 Å². The van der Waals surface area contributed by atoms with Crippen LogP contribution >= 0.6 is 0 Å². The van der Waals surface area contributed by atoms with Crippen LogP contribution in [-0.4, -0.2) is 49.0 Å². The second kappa shape index (κ2) is 24.5. The lowest BCUT2D eigenvalue weighted by atomic mass is 10.0. The first-order chi connectivity index (χ1) is 21.9. The molecule has 2 rings (SSSR count). The molecule has 1 amide bonds. The molecule has 1 aromatic carbocycles. The van der Waals surface area contributed by atoms with Gasteiger partial charge in [0.25, 0.3) is 0 Å². The lowest BCUT2D eigenvalue weighted by Crippen LogP contribution is -2.45. The first-order valence-electron chi connectivity index (χ1n) is 18.0. The van der Waals surface area contributed by atoms with E-state index in [1.807, 2.05) is 14.1 Å². The summed E-state index contributed by atoms with van der Waals surface area (Å²) in [6.45, 7) is 2.95. The van der Waals surface area contributed by atoms with Gasteiger partial charge in [0.1, 0.15) is 6.54 Å². The van der Waals surface area contributed by atoms with Crippen molar-refractivity contribution < 1.29 is 19.6 Å². The molecule has 6 nitrogen and oxygen atoms in total. The molecule has 1 heterocycles. The molecule has 0 saturated heterocycles. The van der Waals surface area contributed by atoms with Crippen LogP contribution in [0.25, 0.3) is 12.2 Å². The molecule has 45 heavy (non-hydrogen) atoms. The molecule has 0 radical (unpaired) electrons. The van der Waals surface area contributed by atoms with Gasteiger partial charge in [0, 0.05) is 44.8 Å². The fourth-order valence-corrected chi connectivity index (χ4v) is 5.68. The lowest BCUT2D eigenvalue weighted by molar-refractivity contribution is -0.697. The quantitative estimate of drug-likeness (QED) is 0.0732. The number of amides is 1. The molecule has 6 heteroatoms. The molecule has 0 fully saturated rings. The standard InChI is InChI=1S/C39H63N3O3/c1-4-5-6-7-8-9-10-11-12-13-14-15-17-20-38(44)37(33-43)40-39(45)21-18-16-19-30-42-31-28-35(29-32-42)23-22-34-24-26-36(27-25-34)41(2)3/h22-29,31-32,37-38,43-44H,4-21,30,33H2,1-3H3/p+1/t37-,38+/m0/s1. The van der Waals surface area contributed by atoms with Crippen molar-refractivity contribution in [1.29, 1.82) is 0 Å². The maximum Gasteiger partial charge on any atom is 0.220 e. The van der Waals surface area contributed by atoms with E-state index in [4.69, 9.17) is 0 Å². The van der Waals surface area contributed by atoms with Gasteiger partial charge in [-0.15, -0.1) is 0 Å². The van der Waals surface area contributed by atoms with E-state index in [2.05, 4.69) is 82.7 Å². The molecule has 0 bridgehead atoms. The van der Waals surface area contributed by atoms with Crippen LogP contribution in [-0.2, 0) is 11.3 Å². The van der Waals surface area contributed by atoms with Crippen molar-refractivity contribution in [2.45, 2.75) is 141 Å². The van der Waals surface area contributed by atoms with Gasteiger partial charge in [0.05, 0.1) is 18.8 Å². The number of unbranched alkanes of at least 4 members (excludes halogenated alkanes) is 14. The minimum Gasteiger partial charge on any atom is -0.394 e. The number of nitrogens with one attached hydrogen (secondary N) is 1. The second-order valence-corrected chi connectivity index (χ2v) is 13.0. The third-order valence-corrected chi connectivity index (χ3v) is 8.73. The number of hydrogen-bond donors (Lipinski definition) is 3. The SMILES string of the molecule is CCCCCCCCCCCCCCC[C@@H](O)[C@H](CO)NC(=O)CCCCC[n+]1ccc(/C=C/c2ccc(N(C)C)cc2)cc1. The average Bonchev–Trinajstić information content (AvgIpc) is 3.05. The van der Waals surface area contributed by atoms with Crippen LogP contribution in [0.2, 0.25) is 0 Å². The summed E-state index contributed by atoms with van der Waals surface area (Å²) in [6.07, 6.45) is 28.3. The molecule has 0 aliphatic heterocycles. The van der Waals surface area contributed by atoms with Crippen LogP contribution in [0.5, 0.6) is 0 Å². The number of aliphatic hydroxyl groups is 2. The van der Waals surface area contributed by atoms with Gasteiger partial charge in [-0.25, -0.2) is 4.57 Å². The largest absolute Gasteiger partial charge is 0.394 e. The van der Waals surface area contributed by atoms with E-state index >= 15 is 0 Å². The summed E-state index contributed by atoms with van der Waals surface area (Å²) in [6, 6.07) is 12.2. The molecule has 0 unspecified atom stereocenters. The molecule has 0 aliphatic carbocycles. The third kappa shape index (κ3) is 18.1. The van der Waals surface area contributed by atoms with Gasteiger partial charge in [-0.1, -0.05) is 115 Å². The number of carbonyl (C=O) groups is 1. The maximum absolute atomic E-state index is 12.4. The van der Waals surface area contributed by atoms with Crippen molar-refractivity contribution in [3.63, 3.8) is 0 Å². The van der Waals surface area contributed by atoms with Crippen LogP contribution in [0.1, 0.15) is 134 Å². The first kappa shape index (κ1) is 38.5. The van der Waals surface area contributed by atoms with Gasteiger partial charge in [-0.2, -0.15) is 0 Å². The van der Waals surface area contributed by atoms with E-state index in [-0.39, 0.29) is 12.5 Å². The summed E-state index contributed by atoms with van der Waals surface area (Å²) in [5.41, 5.74) is 3.53. The van der Waals surface area contributed by atoms with Crippen molar-refractivity contribution in [3.05, 3.63) is 59.9 Å². The second-order valence-electron chi connectivity index (χ2n) is 13.0. The number of anilines is 1. The Balaban J connectivity index is 1.50. The van der Waals surface area contributed by atoms with Crippen molar-refractivity contribution in [2.24, 2.45) is 0 Å². The van der Waals surface area contributed by atoms with Crippen LogP contribution < -0.4 is 14.8 Å². The van der Waals surface area contributed by atoms with Gasteiger partial charge in [-0.05, 0) is 42.5 Å². The molecule has 0 saturated carbocycles. The smallest absolute Gasteiger partial charge is 0.220 e. The number of carbonyl (C=O) groups excluding carboxylic acids is 1. The summed E-state index contributed by atoms with van der Waals surface area (Å²) in [5.74, 6) is -0.0846. The highest BCUT2D eigenvalue weighted by Crippen LogP contribution is 2.16. The number of nitrogens with zero attached hydrogens (tertiary/aromatic N) is 2. The van der Waals surface area contributed by atoms with Crippen LogP contribution in [0.15, 0.2) is 48.8 Å². The number of aromatic nitrogens is 1. The third-order valence-electron chi connectivity index (χ3n) is 8.73. The van der Waals surface area contributed by atoms with E-state index in [0.29, 0.717) is 12.8 Å². The highest BCUT2D eigenvalue weighted by molar-refractivity contribution is 5.76. The molecule has 0 spiro atoms. The van der Waals surface area contributed by atoms with E-state index in [9.17, 15) is 15.0 Å². The molecule has 252 valence electrons. The highest BCUT2D eigenvalue weighted by Gasteiger charge is 2.20. The number of benzene rings is 1. The van der Waals surface area contributed by atoms with Gasteiger partial charge in [0.15, 0.2) is 12.4 Å². The zero-order valence-electron chi connectivity index (χ0n) is 28.8. The monoisotopic (exact) mass is 622 g/mol. The first-order valence-corrected chi connectivity index (χ1v) is 18.0. The Labute approximate surface area is 275 Å². The summed E-state index contributed by atoms with van der Waals surface area (Å²) in [7, 11) is 4.09.